The van der Waals surface area contributed by atoms with E-state index in [2.05, 4.69) is 0 Å². The molecule has 0 aromatic carbocycles. The summed E-state index contributed by atoms with van der Waals surface area (Å²) in [7, 11) is 0. The van der Waals surface area contributed by atoms with Crippen molar-refractivity contribution >= 4 is 17.8 Å². The molecule has 0 fully saturated rings. The number of hydrogen-bond donors (Lipinski definition) is 2. The summed E-state index contributed by atoms with van der Waals surface area (Å²) in [5, 5.41) is 17.1. The molecule has 6 nitrogen and oxygen atoms in total. The van der Waals surface area contributed by atoms with Crippen LogP contribution in [0.25, 0.3) is 0 Å². The van der Waals surface area contributed by atoms with E-state index in [4.69, 9.17) is 10.2 Å². The standard InChI is InChI=1S/C9H15NO5/c1-3-4-10(5-7(11)12)8(13)6(2)9(14)15/h6H,3-5H2,1-2H3,(H,11,12)(H,14,15). The highest BCUT2D eigenvalue weighted by Crippen LogP contribution is 2.03. The Hall–Kier alpha value is -1.59. The number of amides is 1. The molecular weight excluding hydrogens is 202 g/mol. The largest absolute Gasteiger partial charge is 0.481 e. The molecule has 0 aromatic rings. The maximum Gasteiger partial charge on any atom is 0.323 e. The summed E-state index contributed by atoms with van der Waals surface area (Å²) < 4.78 is 0. The third-order valence-corrected chi connectivity index (χ3v) is 1.87. The van der Waals surface area contributed by atoms with Gasteiger partial charge in [-0.05, 0) is 13.3 Å². The van der Waals surface area contributed by atoms with Gasteiger partial charge in [-0.25, -0.2) is 0 Å². The zero-order chi connectivity index (χ0) is 12.0. The van der Waals surface area contributed by atoms with E-state index in [0.29, 0.717) is 6.42 Å². The zero-order valence-electron chi connectivity index (χ0n) is 8.77. The van der Waals surface area contributed by atoms with Crippen molar-refractivity contribution in [2.45, 2.75) is 20.3 Å². The van der Waals surface area contributed by atoms with Crippen LogP contribution in [0.15, 0.2) is 0 Å². The Morgan fingerprint density at radius 2 is 1.80 bits per heavy atom. The molecule has 0 rings (SSSR count). The lowest BCUT2D eigenvalue weighted by atomic mass is 10.1. The van der Waals surface area contributed by atoms with Gasteiger partial charge in [0.2, 0.25) is 5.91 Å². The topological polar surface area (TPSA) is 94.9 Å². The Morgan fingerprint density at radius 1 is 1.27 bits per heavy atom. The Balaban J connectivity index is 4.53. The van der Waals surface area contributed by atoms with E-state index in [1.54, 1.807) is 6.92 Å². The first-order valence-corrected chi connectivity index (χ1v) is 4.63. The van der Waals surface area contributed by atoms with Gasteiger partial charge in [0.05, 0.1) is 0 Å². The van der Waals surface area contributed by atoms with Gasteiger partial charge in [-0.1, -0.05) is 6.92 Å². The minimum Gasteiger partial charge on any atom is -0.481 e. The number of nitrogens with zero attached hydrogens (tertiary/aromatic N) is 1. The smallest absolute Gasteiger partial charge is 0.323 e. The highest BCUT2D eigenvalue weighted by atomic mass is 16.4. The van der Waals surface area contributed by atoms with Gasteiger partial charge in [0.15, 0.2) is 0 Å². The van der Waals surface area contributed by atoms with Crippen LogP contribution in [-0.2, 0) is 14.4 Å². The number of hydrogen-bond acceptors (Lipinski definition) is 3. The molecular formula is C9H15NO5. The Morgan fingerprint density at radius 3 is 2.13 bits per heavy atom. The Kier molecular flexibility index (Phi) is 5.36. The Bertz CT molecular complexity index is 263. The maximum absolute atomic E-state index is 11.5. The first-order chi connectivity index (χ1) is 6.90. The van der Waals surface area contributed by atoms with E-state index >= 15 is 0 Å². The van der Waals surface area contributed by atoms with Crippen molar-refractivity contribution in [3.05, 3.63) is 0 Å². The zero-order valence-corrected chi connectivity index (χ0v) is 8.77. The average Bonchev–Trinajstić information content (AvgIpc) is 2.14. The lowest BCUT2D eigenvalue weighted by Gasteiger charge is -2.21. The average molecular weight is 217 g/mol. The molecule has 6 heteroatoms. The molecule has 86 valence electrons. The molecule has 15 heavy (non-hydrogen) atoms. The fraction of sp³-hybridized carbons (Fsp3) is 0.667. The van der Waals surface area contributed by atoms with Crippen molar-refractivity contribution in [2.24, 2.45) is 5.92 Å². The second-order valence-electron chi connectivity index (χ2n) is 3.21. The quantitative estimate of drug-likeness (QED) is 0.612. The summed E-state index contributed by atoms with van der Waals surface area (Å²) in [5.41, 5.74) is 0. The summed E-state index contributed by atoms with van der Waals surface area (Å²) >= 11 is 0. The van der Waals surface area contributed by atoms with Crippen LogP contribution < -0.4 is 0 Å². The van der Waals surface area contributed by atoms with Crippen molar-refractivity contribution in [3.63, 3.8) is 0 Å². The minimum absolute atomic E-state index is 0.253. The SMILES string of the molecule is CCCN(CC(=O)O)C(=O)C(C)C(=O)O. The summed E-state index contributed by atoms with van der Waals surface area (Å²) in [4.78, 5) is 33.5. The molecule has 0 aliphatic rings. The second-order valence-corrected chi connectivity index (χ2v) is 3.21. The molecule has 0 spiro atoms. The number of aliphatic carboxylic acids is 2. The summed E-state index contributed by atoms with van der Waals surface area (Å²) in [6, 6.07) is 0. The van der Waals surface area contributed by atoms with E-state index in [-0.39, 0.29) is 6.54 Å². The fourth-order valence-corrected chi connectivity index (χ4v) is 1.08. The van der Waals surface area contributed by atoms with Crippen LogP contribution in [0, 0.1) is 5.92 Å². The van der Waals surface area contributed by atoms with Crippen molar-refractivity contribution in [2.75, 3.05) is 13.1 Å². The van der Waals surface area contributed by atoms with E-state index in [1.165, 1.54) is 6.92 Å². The summed E-state index contributed by atoms with van der Waals surface area (Å²) in [5.74, 6) is -4.25. The molecule has 0 aliphatic heterocycles. The molecule has 0 saturated carbocycles. The first kappa shape index (κ1) is 13.4. The molecule has 1 atom stereocenters. The van der Waals surface area contributed by atoms with Gasteiger partial charge in [-0.2, -0.15) is 0 Å². The van der Waals surface area contributed by atoms with Gasteiger partial charge in [0, 0.05) is 6.54 Å². The lowest BCUT2D eigenvalue weighted by molar-refractivity contribution is -0.153. The van der Waals surface area contributed by atoms with Crippen molar-refractivity contribution in [1.29, 1.82) is 0 Å². The molecule has 1 amide bonds. The van der Waals surface area contributed by atoms with Gasteiger partial charge >= 0.3 is 11.9 Å². The van der Waals surface area contributed by atoms with Gasteiger partial charge in [-0.3, -0.25) is 14.4 Å². The van der Waals surface area contributed by atoms with Crippen LogP contribution in [0.4, 0.5) is 0 Å². The molecule has 0 heterocycles. The van der Waals surface area contributed by atoms with Crippen molar-refractivity contribution in [1.82, 2.24) is 4.90 Å². The molecule has 0 radical (unpaired) electrons. The summed E-state index contributed by atoms with van der Waals surface area (Å²) in [6.07, 6.45) is 0.589. The van der Waals surface area contributed by atoms with Crippen LogP contribution >= 0.6 is 0 Å². The normalized spacial score (nSPS) is 11.9. The van der Waals surface area contributed by atoms with E-state index in [0.717, 1.165) is 4.90 Å². The van der Waals surface area contributed by atoms with E-state index < -0.39 is 30.3 Å². The molecule has 2 N–H and O–H groups in total. The summed E-state index contributed by atoms with van der Waals surface area (Å²) in [6.45, 7) is 2.83. The van der Waals surface area contributed by atoms with E-state index in [9.17, 15) is 14.4 Å². The third-order valence-electron chi connectivity index (χ3n) is 1.87. The van der Waals surface area contributed by atoms with Crippen LogP contribution in [0.2, 0.25) is 0 Å². The van der Waals surface area contributed by atoms with Crippen LogP contribution in [0.3, 0.4) is 0 Å². The molecule has 0 bridgehead atoms. The van der Waals surface area contributed by atoms with Crippen LogP contribution in [0.5, 0.6) is 0 Å². The third kappa shape index (κ3) is 4.44. The minimum atomic E-state index is -1.24. The first-order valence-electron chi connectivity index (χ1n) is 4.63. The number of rotatable bonds is 6. The predicted molar refractivity (Wildman–Crippen MR) is 51.3 cm³/mol. The van der Waals surface area contributed by atoms with Gasteiger partial charge < -0.3 is 15.1 Å². The number of carbonyl (C=O) groups is 3. The van der Waals surface area contributed by atoms with Crippen LogP contribution in [-0.4, -0.2) is 46.0 Å². The fourth-order valence-electron chi connectivity index (χ4n) is 1.08. The number of carboxylic acid groups (broad SMARTS) is 2. The highest BCUT2D eigenvalue weighted by Gasteiger charge is 2.26. The Labute approximate surface area is 87.5 Å². The monoisotopic (exact) mass is 217 g/mol. The second kappa shape index (κ2) is 6.00. The number of carboxylic acids is 2. The predicted octanol–water partition coefficient (Wildman–Crippen LogP) is 0.0303. The van der Waals surface area contributed by atoms with Gasteiger partial charge in [0.1, 0.15) is 12.5 Å². The highest BCUT2D eigenvalue weighted by molar-refractivity contribution is 5.97. The number of carbonyl (C=O) groups excluding carboxylic acids is 1. The lowest BCUT2D eigenvalue weighted by Crippen LogP contribution is -2.41. The van der Waals surface area contributed by atoms with Gasteiger partial charge in [-0.15, -0.1) is 0 Å². The van der Waals surface area contributed by atoms with Crippen LogP contribution in [0.1, 0.15) is 20.3 Å². The van der Waals surface area contributed by atoms with E-state index in [1.807, 2.05) is 0 Å². The van der Waals surface area contributed by atoms with Gasteiger partial charge in [0.25, 0.3) is 0 Å². The molecule has 0 aliphatic carbocycles. The molecule has 0 saturated heterocycles. The van der Waals surface area contributed by atoms with Crippen molar-refractivity contribution < 1.29 is 24.6 Å². The maximum atomic E-state index is 11.5. The molecule has 0 aromatic heterocycles. The molecule has 1 unspecified atom stereocenters. The van der Waals surface area contributed by atoms with Crippen molar-refractivity contribution in [3.8, 4) is 0 Å².